The van der Waals surface area contributed by atoms with E-state index in [0.717, 1.165) is 16.7 Å². The average molecular weight is 417 g/mol. The normalized spacial score (nSPS) is 11.4. The van der Waals surface area contributed by atoms with Crippen molar-refractivity contribution < 1.29 is 13.8 Å². The summed E-state index contributed by atoms with van der Waals surface area (Å²) in [6.07, 6.45) is 0. The van der Waals surface area contributed by atoms with Crippen LogP contribution in [0.25, 0.3) is 22.8 Å². The van der Waals surface area contributed by atoms with Gasteiger partial charge in [-0.25, -0.2) is 4.79 Å². The Labute approximate surface area is 179 Å². The van der Waals surface area contributed by atoms with Gasteiger partial charge in [0.05, 0.1) is 0 Å². The quantitative estimate of drug-likeness (QED) is 0.445. The number of nitrogens with zero attached hydrogens (tertiary/aromatic N) is 3. The Hall–Kier alpha value is -3.94. The van der Waals surface area contributed by atoms with E-state index in [1.54, 1.807) is 30.3 Å². The third-order valence-corrected chi connectivity index (χ3v) is 4.69. The number of nitrogens with one attached hydrogen (secondary N) is 2. The van der Waals surface area contributed by atoms with E-state index in [1.807, 2.05) is 52.0 Å². The minimum atomic E-state index is -0.416. The van der Waals surface area contributed by atoms with Crippen molar-refractivity contribution in [2.75, 3.05) is 10.6 Å². The van der Waals surface area contributed by atoms with Gasteiger partial charge in [-0.1, -0.05) is 55.4 Å². The number of rotatable bonds is 4. The summed E-state index contributed by atoms with van der Waals surface area (Å²) in [6, 6.07) is 16.3. The van der Waals surface area contributed by atoms with Gasteiger partial charge in [0, 0.05) is 28.3 Å². The van der Waals surface area contributed by atoms with E-state index in [4.69, 9.17) is 9.05 Å². The summed E-state index contributed by atoms with van der Waals surface area (Å²) >= 11 is 0. The number of urea groups is 1. The summed E-state index contributed by atoms with van der Waals surface area (Å²) < 4.78 is 10.7. The highest BCUT2D eigenvalue weighted by molar-refractivity contribution is 5.99. The number of hydrogen-bond donors (Lipinski definition) is 2. The molecule has 0 atom stereocenters. The van der Waals surface area contributed by atoms with E-state index in [0.29, 0.717) is 29.0 Å². The smallest absolute Gasteiger partial charge is 0.324 e. The lowest BCUT2D eigenvalue weighted by molar-refractivity contribution is 0.262. The van der Waals surface area contributed by atoms with Crippen LogP contribution in [0.15, 0.2) is 63.6 Å². The van der Waals surface area contributed by atoms with E-state index in [1.165, 1.54) is 0 Å². The van der Waals surface area contributed by atoms with Crippen LogP contribution in [0.1, 0.15) is 32.1 Å². The van der Waals surface area contributed by atoms with Gasteiger partial charge in [0.25, 0.3) is 5.89 Å². The average Bonchev–Trinajstić information content (AvgIpc) is 3.39. The fourth-order valence-electron chi connectivity index (χ4n) is 2.94. The molecule has 2 heterocycles. The monoisotopic (exact) mass is 417 g/mol. The molecule has 0 radical (unpaired) electrons. The van der Waals surface area contributed by atoms with Crippen LogP contribution in [0.3, 0.4) is 0 Å². The maximum Gasteiger partial charge on any atom is 0.324 e. The van der Waals surface area contributed by atoms with E-state index in [9.17, 15) is 4.79 Å². The number of hydrogen-bond acceptors (Lipinski definition) is 6. The van der Waals surface area contributed by atoms with Crippen molar-refractivity contribution in [3.8, 4) is 22.8 Å². The van der Waals surface area contributed by atoms with Gasteiger partial charge in [-0.05, 0) is 36.8 Å². The first-order valence-corrected chi connectivity index (χ1v) is 9.85. The van der Waals surface area contributed by atoms with Gasteiger partial charge in [0.1, 0.15) is 5.76 Å². The van der Waals surface area contributed by atoms with Crippen LogP contribution in [-0.4, -0.2) is 21.3 Å². The Morgan fingerprint density at radius 2 is 1.68 bits per heavy atom. The highest BCUT2D eigenvalue weighted by atomic mass is 16.5. The van der Waals surface area contributed by atoms with Crippen molar-refractivity contribution >= 4 is 17.5 Å². The van der Waals surface area contributed by atoms with Crippen LogP contribution >= 0.6 is 0 Å². The van der Waals surface area contributed by atoms with E-state index in [2.05, 4.69) is 25.9 Å². The van der Waals surface area contributed by atoms with Crippen LogP contribution < -0.4 is 10.6 Å². The first-order valence-electron chi connectivity index (χ1n) is 9.85. The predicted octanol–water partition coefficient (Wildman–Crippen LogP) is 5.64. The number of carbonyl (C=O) groups is 1. The number of benzene rings is 2. The first kappa shape index (κ1) is 20.3. The number of aromatic nitrogens is 3. The first-order chi connectivity index (χ1) is 14.8. The maximum absolute atomic E-state index is 12.2. The van der Waals surface area contributed by atoms with E-state index in [-0.39, 0.29) is 5.41 Å². The molecule has 0 saturated heterocycles. The van der Waals surface area contributed by atoms with Crippen molar-refractivity contribution in [2.24, 2.45) is 0 Å². The lowest BCUT2D eigenvalue weighted by atomic mass is 9.93. The van der Waals surface area contributed by atoms with Gasteiger partial charge < -0.3 is 14.4 Å². The van der Waals surface area contributed by atoms with Crippen LogP contribution in [0.5, 0.6) is 0 Å². The number of aryl methyl sites for hydroxylation is 1. The van der Waals surface area contributed by atoms with Crippen LogP contribution in [0.4, 0.5) is 16.3 Å². The van der Waals surface area contributed by atoms with Crippen molar-refractivity contribution in [3.05, 3.63) is 65.9 Å². The van der Waals surface area contributed by atoms with Gasteiger partial charge >= 0.3 is 6.03 Å². The fraction of sp³-hybridized carbons (Fsp3) is 0.217. The summed E-state index contributed by atoms with van der Waals surface area (Å²) in [6.45, 7) is 8.02. The summed E-state index contributed by atoms with van der Waals surface area (Å²) in [7, 11) is 0. The minimum absolute atomic E-state index is 0.187. The molecule has 0 spiro atoms. The zero-order valence-electron chi connectivity index (χ0n) is 17.8. The molecule has 8 heteroatoms. The molecule has 31 heavy (non-hydrogen) atoms. The fourth-order valence-corrected chi connectivity index (χ4v) is 2.94. The molecule has 0 aliphatic rings. The molecule has 0 unspecified atom stereocenters. The third-order valence-electron chi connectivity index (χ3n) is 4.69. The number of anilines is 2. The Morgan fingerprint density at radius 1 is 0.935 bits per heavy atom. The summed E-state index contributed by atoms with van der Waals surface area (Å²) in [5.41, 5.74) is 3.17. The highest BCUT2D eigenvalue weighted by Gasteiger charge is 2.20. The molecule has 2 aromatic carbocycles. The SMILES string of the molecule is Cc1ccccc1-c1noc(-c2ccc(NC(=O)Nc3cc(C(C)(C)C)on3)cc2)n1. The molecule has 0 aliphatic carbocycles. The zero-order valence-corrected chi connectivity index (χ0v) is 17.8. The minimum Gasteiger partial charge on any atom is -0.359 e. The molecule has 0 fully saturated rings. The summed E-state index contributed by atoms with van der Waals surface area (Å²) in [4.78, 5) is 16.7. The highest BCUT2D eigenvalue weighted by Crippen LogP contribution is 2.26. The zero-order chi connectivity index (χ0) is 22.0. The molecule has 4 aromatic rings. The molecule has 2 N–H and O–H groups in total. The van der Waals surface area contributed by atoms with Gasteiger partial charge in [-0.15, -0.1) is 0 Å². The lowest BCUT2D eigenvalue weighted by Gasteiger charge is -2.12. The standard InChI is InChI=1S/C23H23N5O3/c1-14-7-5-6-8-17(14)20-26-21(31-28-20)15-9-11-16(12-10-15)24-22(29)25-19-13-18(30-27-19)23(2,3)4/h5-13H,1-4H3,(H2,24,25,27,29). The van der Waals surface area contributed by atoms with Crippen LogP contribution in [0.2, 0.25) is 0 Å². The maximum atomic E-state index is 12.2. The second-order valence-electron chi connectivity index (χ2n) is 8.22. The van der Waals surface area contributed by atoms with Gasteiger partial charge in [0.2, 0.25) is 5.82 Å². The molecular formula is C23H23N5O3. The van der Waals surface area contributed by atoms with Crippen LogP contribution in [0, 0.1) is 6.92 Å². The molecule has 4 rings (SSSR count). The molecule has 2 amide bonds. The summed E-state index contributed by atoms with van der Waals surface area (Å²) in [5, 5.41) is 13.4. The Balaban J connectivity index is 1.41. The second-order valence-corrected chi connectivity index (χ2v) is 8.22. The van der Waals surface area contributed by atoms with Crippen molar-refractivity contribution in [1.82, 2.24) is 15.3 Å². The third kappa shape index (κ3) is 4.63. The van der Waals surface area contributed by atoms with E-state index >= 15 is 0 Å². The largest absolute Gasteiger partial charge is 0.359 e. The van der Waals surface area contributed by atoms with Crippen molar-refractivity contribution in [2.45, 2.75) is 33.1 Å². The molecule has 0 bridgehead atoms. The molecule has 0 aliphatic heterocycles. The number of amides is 2. The number of carbonyl (C=O) groups excluding carboxylic acids is 1. The van der Waals surface area contributed by atoms with Crippen molar-refractivity contribution in [3.63, 3.8) is 0 Å². The van der Waals surface area contributed by atoms with Gasteiger partial charge in [-0.2, -0.15) is 4.98 Å². The van der Waals surface area contributed by atoms with Gasteiger partial charge in [-0.3, -0.25) is 5.32 Å². The molecule has 0 saturated carbocycles. The Morgan fingerprint density at radius 3 is 2.35 bits per heavy atom. The second kappa shape index (κ2) is 8.06. The molecule has 2 aromatic heterocycles. The molecule has 158 valence electrons. The Bertz CT molecular complexity index is 1200. The molecule has 8 nitrogen and oxygen atoms in total. The predicted molar refractivity (Wildman–Crippen MR) is 118 cm³/mol. The summed E-state index contributed by atoms with van der Waals surface area (Å²) in [5.74, 6) is 1.99. The molecular weight excluding hydrogens is 394 g/mol. The van der Waals surface area contributed by atoms with Gasteiger partial charge in [0.15, 0.2) is 5.82 Å². The van der Waals surface area contributed by atoms with E-state index < -0.39 is 6.03 Å². The van der Waals surface area contributed by atoms with Crippen LogP contribution in [-0.2, 0) is 5.41 Å². The lowest BCUT2D eigenvalue weighted by Crippen LogP contribution is -2.19. The topological polar surface area (TPSA) is 106 Å². The van der Waals surface area contributed by atoms with Crippen molar-refractivity contribution in [1.29, 1.82) is 0 Å². The Kier molecular flexibility index (Phi) is 5.29.